The van der Waals surface area contributed by atoms with Gasteiger partial charge in [-0.15, -0.1) is 0 Å². The van der Waals surface area contributed by atoms with E-state index in [-0.39, 0.29) is 29.3 Å². The summed E-state index contributed by atoms with van der Waals surface area (Å²) in [5.74, 6) is -0.509. The van der Waals surface area contributed by atoms with Gasteiger partial charge < -0.3 is 10.2 Å². The second-order valence-corrected chi connectivity index (χ2v) is 9.32. The molecule has 1 saturated heterocycles. The minimum atomic E-state index is -3.54. The van der Waals surface area contributed by atoms with E-state index in [1.54, 1.807) is 6.92 Å². The number of carbonyl (C=O) groups excluding carboxylic acids is 2. The van der Waals surface area contributed by atoms with Gasteiger partial charge in [0.25, 0.3) is 5.91 Å². The van der Waals surface area contributed by atoms with Crippen LogP contribution in [0.3, 0.4) is 0 Å². The molecule has 0 spiro atoms. The van der Waals surface area contributed by atoms with Crippen LogP contribution < -0.4 is 5.32 Å². The number of likely N-dealkylation sites (N-methyl/N-ethyl adjacent to an activating group) is 1. The Morgan fingerprint density at radius 1 is 1.07 bits per heavy atom. The first-order valence-electron chi connectivity index (χ1n) is 9.94. The van der Waals surface area contributed by atoms with Crippen LogP contribution in [0.25, 0.3) is 0 Å². The maximum Gasteiger partial charge on any atom is 0.254 e. The fourth-order valence-corrected chi connectivity index (χ4v) is 4.77. The summed E-state index contributed by atoms with van der Waals surface area (Å²) in [4.78, 5) is 26.3. The summed E-state index contributed by atoms with van der Waals surface area (Å²) in [5, 5.41) is 2.77. The molecular weight excluding hydrogens is 378 g/mol. The Morgan fingerprint density at radius 3 is 2.14 bits per heavy atom. The third-order valence-corrected chi connectivity index (χ3v) is 6.67. The lowest BCUT2D eigenvalue weighted by molar-refractivity contribution is -0.122. The highest BCUT2D eigenvalue weighted by Gasteiger charge is 2.25. The van der Waals surface area contributed by atoms with Gasteiger partial charge in [0.15, 0.2) is 0 Å². The highest BCUT2D eigenvalue weighted by atomic mass is 32.2. The van der Waals surface area contributed by atoms with Gasteiger partial charge in [-0.3, -0.25) is 9.59 Å². The van der Waals surface area contributed by atoms with Crippen molar-refractivity contribution in [3.8, 4) is 0 Å². The quantitative estimate of drug-likeness (QED) is 0.748. The Hall–Kier alpha value is -1.93. The van der Waals surface area contributed by atoms with Crippen LogP contribution in [0.5, 0.6) is 0 Å². The van der Waals surface area contributed by atoms with Crippen LogP contribution in [0.15, 0.2) is 29.2 Å². The third-order valence-electron chi connectivity index (χ3n) is 4.76. The fraction of sp³-hybridized carbons (Fsp3) is 0.600. The topological polar surface area (TPSA) is 86.8 Å². The van der Waals surface area contributed by atoms with E-state index in [0.29, 0.717) is 25.2 Å². The molecule has 0 saturated carbocycles. The summed E-state index contributed by atoms with van der Waals surface area (Å²) >= 11 is 0. The number of amides is 2. The van der Waals surface area contributed by atoms with Gasteiger partial charge in [-0.25, -0.2) is 8.42 Å². The summed E-state index contributed by atoms with van der Waals surface area (Å²) in [7, 11) is -3.54. The molecule has 28 heavy (non-hydrogen) atoms. The van der Waals surface area contributed by atoms with E-state index >= 15 is 0 Å². The van der Waals surface area contributed by atoms with Crippen LogP contribution >= 0.6 is 0 Å². The lowest BCUT2D eigenvalue weighted by Crippen LogP contribution is -2.42. The molecule has 1 aliphatic heterocycles. The van der Waals surface area contributed by atoms with Gasteiger partial charge >= 0.3 is 0 Å². The van der Waals surface area contributed by atoms with E-state index in [9.17, 15) is 18.0 Å². The number of benzene rings is 1. The van der Waals surface area contributed by atoms with E-state index in [0.717, 1.165) is 25.7 Å². The smallest absolute Gasteiger partial charge is 0.254 e. The summed E-state index contributed by atoms with van der Waals surface area (Å²) in [6.07, 6.45) is 3.85. The Morgan fingerprint density at radius 2 is 1.64 bits per heavy atom. The van der Waals surface area contributed by atoms with E-state index < -0.39 is 10.0 Å². The van der Waals surface area contributed by atoms with Crippen molar-refractivity contribution in [1.29, 1.82) is 0 Å². The zero-order valence-electron chi connectivity index (χ0n) is 17.0. The van der Waals surface area contributed by atoms with Crippen molar-refractivity contribution in [2.75, 3.05) is 26.2 Å². The maximum atomic E-state index is 12.8. The molecular formula is C20H31N3O4S. The molecule has 1 heterocycles. The van der Waals surface area contributed by atoms with Crippen LogP contribution in [0.4, 0.5) is 0 Å². The predicted octanol–water partition coefficient (Wildman–Crippen LogP) is 2.24. The summed E-state index contributed by atoms with van der Waals surface area (Å²) < 4.78 is 27.2. The number of nitrogens with zero attached hydrogens (tertiary/aromatic N) is 2. The van der Waals surface area contributed by atoms with Gasteiger partial charge in [-0.2, -0.15) is 4.31 Å². The molecule has 8 heteroatoms. The van der Waals surface area contributed by atoms with Crippen molar-refractivity contribution in [1.82, 2.24) is 14.5 Å². The first-order chi connectivity index (χ1) is 13.3. The molecule has 1 fully saturated rings. The lowest BCUT2D eigenvalue weighted by atomic mass is 10.2. The van der Waals surface area contributed by atoms with Crippen molar-refractivity contribution in [3.63, 3.8) is 0 Å². The van der Waals surface area contributed by atoms with Gasteiger partial charge in [-0.05, 0) is 57.9 Å². The molecule has 1 aromatic carbocycles. The fourth-order valence-electron chi connectivity index (χ4n) is 3.25. The molecule has 0 aromatic heterocycles. The number of nitrogens with one attached hydrogen (secondary N) is 1. The largest absolute Gasteiger partial charge is 0.352 e. The first kappa shape index (κ1) is 22.4. The van der Waals surface area contributed by atoms with E-state index in [2.05, 4.69) is 5.32 Å². The third kappa shape index (κ3) is 5.78. The second-order valence-electron chi connectivity index (χ2n) is 7.38. The van der Waals surface area contributed by atoms with Gasteiger partial charge in [0.05, 0.1) is 11.4 Å². The van der Waals surface area contributed by atoms with Crippen molar-refractivity contribution >= 4 is 21.8 Å². The van der Waals surface area contributed by atoms with Gasteiger partial charge in [0.1, 0.15) is 0 Å². The molecule has 1 aliphatic rings. The average Bonchev–Trinajstić information content (AvgIpc) is 2.95. The molecule has 0 radical (unpaired) electrons. The van der Waals surface area contributed by atoms with Crippen molar-refractivity contribution in [3.05, 3.63) is 29.8 Å². The minimum Gasteiger partial charge on any atom is -0.352 e. The van der Waals surface area contributed by atoms with E-state index in [1.807, 2.05) is 13.8 Å². The van der Waals surface area contributed by atoms with Gasteiger partial charge in [0.2, 0.25) is 15.9 Å². The summed E-state index contributed by atoms with van der Waals surface area (Å²) in [6, 6.07) is 6.02. The molecule has 7 nitrogen and oxygen atoms in total. The zero-order chi connectivity index (χ0) is 20.7. The van der Waals surface area contributed by atoms with Crippen molar-refractivity contribution in [2.45, 2.75) is 57.4 Å². The van der Waals surface area contributed by atoms with Gasteiger partial charge in [-0.1, -0.05) is 12.8 Å². The summed E-state index contributed by atoms with van der Waals surface area (Å²) in [6.45, 7) is 6.96. The normalized spacial score (nSPS) is 15.9. The van der Waals surface area contributed by atoms with Crippen LogP contribution in [0.1, 0.15) is 56.8 Å². The molecule has 2 amide bonds. The SMILES string of the molecule is CCN(CC(=O)NC(C)C)C(=O)c1ccc(S(=O)(=O)N2CCCCCC2)cc1. The second kappa shape index (κ2) is 10.0. The van der Waals surface area contributed by atoms with Crippen LogP contribution in [-0.2, 0) is 14.8 Å². The first-order valence-corrected chi connectivity index (χ1v) is 11.4. The number of hydrogen-bond donors (Lipinski definition) is 1. The minimum absolute atomic E-state index is 0.00443. The molecule has 1 N–H and O–H groups in total. The summed E-state index contributed by atoms with van der Waals surface area (Å²) in [5.41, 5.74) is 0.369. The number of hydrogen-bond acceptors (Lipinski definition) is 4. The monoisotopic (exact) mass is 409 g/mol. The number of carbonyl (C=O) groups is 2. The van der Waals surface area contributed by atoms with Crippen LogP contribution in [0.2, 0.25) is 0 Å². The zero-order valence-corrected chi connectivity index (χ0v) is 17.8. The maximum absolute atomic E-state index is 12.8. The molecule has 0 bridgehead atoms. The molecule has 0 aliphatic carbocycles. The van der Waals surface area contributed by atoms with Crippen LogP contribution in [-0.4, -0.2) is 61.7 Å². The van der Waals surface area contributed by atoms with Crippen LogP contribution in [0, 0.1) is 0 Å². The van der Waals surface area contributed by atoms with Crippen molar-refractivity contribution in [2.24, 2.45) is 0 Å². The Balaban J connectivity index is 2.11. The van der Waals surface area contributed by atoms with E-state index in [4.69, 9.17) is 0 Å². The Kier molecular flexibility index (Phi) is 8.00. The average molecular weight is 410 g/mol. The Bertz CT molecular complexity index is 767. The predicted molar refractivity (Wildman–Crippen MR) is 109 cm³/mol. The van der Waals surface area contributed by atoms with Crippen molar-refractivity contribution < 1.29 is 18.0 Å². The van der Waals surface area contributed by atoms with Gasteiger partial charge in [0, 0.05) is 31.2 Å². The molecule has 2 rings (SSSR count). The molecule has 156 valence electrons. The highest BCUT2D eigenvalue weighted by Crippen LogP contribution is 2.21. The number of rotatable bonds is 7. The Labute approximate surface area is 168 Å². The highest BCUT2D eigenvalue weighted by molar-refractivity contribution is 7.89. The molecule has 0 atom stereocenters. The lowest BCUT2D eigenvalue weighted by Gasteiger charge is -2.22. The number of sulfonamides is 1. The standard InChI is InChI=1S/C20H31N3O4S/c1-4-22(15-19(24)21-16(2)3)20(25)17-9-11-18(12-10-17)28(26,27)23-13-7-5-6-8-14-23/h9-12,16H,4-8,13-15H2,1-3H3,(H,21,24). The van der Waals surface area contributed by atoms with E-state index in [1.165, 1.54) is 33.5 Å². The molecule has 1 aromatic rings. The molecule has 0 unspecified atom stereocenters.